The normalized spacial score (nSPS) is 11.8. The lowest BCUT2D eigenvalue weighted by Gasteiger charge is -2.16. The van der Waals surface area contributed by atoms with Crippen molar-refractivity contribution in [1.29, 1.82) is 0 Å². The molecule has 2 aromatic rings. The molecule has 5 heteroatoms. The van der Waals surface area contributed by atoms with E-state index in [4.69, 9.17) is 16.3 Å². The molecular weight excluding hydrogens is 302 g/mol. The molecular formula is C17H18ClNO3. The monoisotopic (exact) mass is 319 g/mol. The second-order valence-electron chi connectivity index (χ2n) is 4.95. The number of hydrogen-bond acceptors (Lipinski definition) is 3. The van der Waals surface area contributed by atoms with Crippen molar-refractivity contribution in [2.24, 2.45) is 0 Å². The molecule has 1 N–H and O–H groups in total. The molecule has 22 heavy (non-hydrogen) atoms. The smallest absolute Gasteiger partial charge is 0.223 e. The van der Waals surface area contributed by atoms with Crippen LogP contribution in [0.5, 0.6) is 5.75 Å². The van der Waals surface area contributed by atoms with Gasteiger partial charge >= 0.3 is 0 Å². The highest BCUT2D eigenvalue weighted by molar-refractivity contribution is 6.30. The highest BCUT2D eigenvalue weighted by Gasteiger charge is 2.09. The Morgan fingerprint density at radius 2 is 1.77 bits per heavy atom. The van der Waals surface area contributed by atoms with Gasteiger partial charge in [-0.15, -0.1) is 0 Å². The van der Waals surface area contributed by atoms with E-state index >= 15 is 0 Å². The van der Waals surface area contributed by atoms with Gasteiger partial charge in [0.2, 0.25) is 5.91 Å². The van der Waals surface area contributed by atoms with E-state index in [1.54, 1.807) is 60.5 Å². The van der Waals surface area contributed by atoms with Gasteiger partial charge in [0, 0.05) is 24.7 Å². The summed E-state index contributed by atoms with van der Waals surface area (Å²) in [6, 6.07) is 14.1. The van der Waals surface area contributed by atoms with Crippen LogP contribution in [0.3, 0.4) is 0 Å². The average Bonchev–Trinajstić information content (AvgIpc) is 2.53. The number of carbonyl (C=O) groups excluding carboxylic acids is 1. The Morgan fingerprint density at radius 1 is 1.18 bits per heavy atom. The zero-order valence-corrected chi connectivity index (χ0v) is 13.2. The molecule has 0 radical (unpaired) electrons. The number of aliphatic hydroxyl groups is 1. The van der Waals surface area contributed by atoms with E-state index < -0.39 is 6.10 Å². The fraction of sp³-hybridized carbons (Fsp3) is 0.235. The van der Waals surface area contributed by atoms with Crippen molar-refractivity contribution in [1.82, 2.24) is 0 Å². The van der Waals surface area contributed by atoms with Crippen molar-refractivity contribution in [3.05, 3.63) is 59.1 Å². The number of anilines is 1. The quantitative estimate of drug-likeness (QED) is 0.918. The number of rotatable bonds is 5. The third-order valence-electron chi connectivity index (χ3n) is 3.36. The van der Waals surface area contributed by atoms with E-state index in [1.807, 2.05) is 0 Å². The van der Waals surface area contributed by atoms with Crippen LogP contribution in [0.1, 0.15) is 18.6 Å². The number of benzene rings is 2. The molecule has 0 aliphatic carbocycles. The molecule has 116 valence electrons. The van der Waals surface area contributed by atoms with E-state index in [1.165, 1.54) is 6.92 Å². The molecule has 2 aromatic carbocycles. The highest BCUT2D eigenvalue weighted by atomic mass is 35.5. The number of aliphatic hydroxyl groups excluding tert-OH is 1. The van der Waals surface area contributed by atoms with Crippen molar-refractivity contribution in [2.75, 3.05) is 18.6 Å². The van der Waals surface area contributed by atoms with Gasteiger partial charge in [-0.2, -0.15) is 0 Å². The average molecular weight is 320 g/mol. The molecule has 2 rings (SSSR count). The Bertz CT molecular complexity index is 625. The standard InChI is InChI=1S/C17H18ClNO3/c1-12(20)19(2)15-7-9-16(10-8-15)22-11-17(21)13-3-5-14(18)6-4-13/h3-10,17,21H,11H2,1-2H3. The first kappa shape index (κ1) is 16.3. The minimum absolute atomic E-state index is 0.0353. The van der Waals surface area contributed by atoms with Gasteiger partial charge in [0.15, 0.2) is 0 Å². The molecule has 0 saturated carbocycles. The van der Waals surface area contributed by atoms with Crippen LogP contribution in [0.15, 0.2) is 48.5 Å². The third kappa shape index (κ3) is 4.23. The zero-order valence-electron chi connectivity index (χ0n) is 12.5. The van der Waals surface area contributed by atoms with Gasteiger partial charge in [-0.25, -0.2) is 0 Å². The van der Waals surface area contributed by atoms with E-state index in [0.29, 0.717) is 10.8 Å². The molecule has 0 aliphatic rings. The summed E-state index contributed by atoms with van der Waals surface area (Å²) in [7, 11) is 1.71. The minimum atomic E-state index is -0.725. The predicted octanol–water partition coefficient (Wildman–Crippen LogP) is 3.44. The van der Waals surface area contributed by atoms with Crippen LogP contribution in [-0.2, 0) is 4.79 Å². The Balaban J connectivity index is 1.94. The van der Waals surface area contributed by atoms with Crippen molar-refractivity contribution in [3.8, 4) is 5.75 Å². The van der Waals surface area contributed by atoms with Crippen molar-refractivity contribution >= 4 is 23.2 Å². The summed E-state index contributed by atoms with van der Waals surface area (Å²) >= 11 is 5.81. The van der Waals surface area contributed by atoms with Crippen LogP contribution in [0.4, 0.5) is 5.69 Å². The van der Waals surface area contributed by atoms with Crippen LogP contribution in [0.2, 0.25) is 5.02 Å². The lowest BCUT2D eigenvalue weighted by atomic mass is 10.1. The van der Waals surface area contributed by atoms with Crippen LogP contribution in [0.25, 0.3) is 0 Å². The van der Waals surface area contributed by atoms with Crippen molar-refractivity contribution < 1.29 is 14.6 Å². The minimum Gasteiger partial charge on any atom is -0.491 e. The molecule has 0 bridgehead atoms. The molecule has 0 aliphatic heterocycles. The first-order chi connectivity index (χ1) is 10.5. The summed E-state index contributed by atoms with van der Waals surface area (Å²) in [6.45, 7) is 1.65. The number of hydrogen-bond donors (Lipinski definition) is 1. The van der Waals surface area contributed by atoms with Crippen molar-refractivity contribution in [3.63, 3.8) is 0 Å². The van der Waals surface area contributed by atoms with Gasteiger partial charge in [-0.05, 0) is 42.0 Å². The molecule has 4 nitrogen and oxygen atoms in total. The van der Waals surface area contributed by atoms with E-state index in [0.717, 1.165) is 11.3 Å². The fourth-order valence-corrected chi connectivity index (χ4v) is 2.03. The van der Waals surface area contributed by atoms with Gasteiger partial charge in [-0.1, -0.05) is 23.7 Å². The molecule has 0 spiro atoms. The van der Waals surface area contributed by atoms with Gasteiger partial charge in [0.1, 0.15) is 18.5 Å². The summed E-state index contributed by atoms with van der Waals surface area (Å²) < 4.78 is 5.56. The number of nitrogens with zero attached hydrogens (tertiary/aromatic N) is 1. The Kier molecular flexibility index (Phi) is 5.41. The molecule has 0 saturated heterocycles. The van der Waals surface area contributed by atoms with Crippen LogP contribution in [-0.4, -0.2) is 24.7 Å². The van der Waals surface area contributed by atoms with Crippen molar-refractivity contribution in [2.45, 2.75) is 13.0 Å². The number of carbonyl (C=O) groups is 1. The molecule has 0 fully saturated rings. The van der Waals surface area contributed by atoms with Gasteiger partial charge in [0.05, 0.1) is 0 Å². The molecule has 0 aromatic heterocycles. The summed E-state index contributed by atoms with van der Waals surface area (Å²) in [5.74, 6) is 0.598. The van der Waals surface area contributed by atoms with E-state index in [-0.39, 0.29) is 12.5 Å². The summed E-state index contributed by atoms with van der Waals surface area (Å²) in [6.07, 6.45) is -0.725. The zero-order chi connectivity index (χ0) is 16.1. The second-order valence-corrected chi connectivity index (χ2v) is 5.39. The third-order valence-corrected chi connectivity index (χ3v) is 3.61. The Labute approximate surface area is 134 Å². The lowest BCUT2D eigenvalue weighted by Crippen LogP contribution is -2.22. The maximum atomic E-state index is 11.3. The Morgan fingerprint density at radius 3 is 2.32 bits per heavy atom. The van der Waals surface area contributed by atoms with E-state index in [9.17, 15) is 9.90 Å². The Hall–Kier alpha value is -2.04. The SMILES string of the molecule is CC(=O)N(C)c1ccc(OCC(O)c2ccc(Cl)cc2)cc1. The lowest BCUT2D eigenvalue weighted by molar-refractivity contribution is -0.116. The number of ether oxygens (including phenoxy) is 1. The highest BCUT2D eigenvalue weighted by Crippen LogP contribution is 2.21. The number of amides is 1. The summed E-state index contributed by atoms with van der Waals surface area (Å²) in [5, 5.41) is 10.7. The topological polar surface area (TPSA) is 49.8 Å². The van der Waals surface area contributed by atoms with Crippen LogP contribution in [0, 0.1) is 0 Å². The fourth-order valence-electron chi connectivity index (χ4n) is 1.90. The van der Waals surface area contributed by atoms with Gasteiger partial charge in [-0.3, -0.25) is 4.79 Å². The number of halogens is 1. The van der Waals surface area contributed by atoms with Gasteiger partial charge < -0.3 is 14.7 Å². The van der Waals surface area contributed by atoms with Gasteiger partial charge in [0.25, 0.3) is 0 Å². The largest absolute Gasteiger partial charge is 0.491 e. The summed E-state index contributed by atoms with van der Waals surface area (Å²) in [4.78, 5) is 12.8. The first-order valence-electron chi connectivity index (χ1n) is 6.88. The van der Waals surface area contributed by atoms with Crippen LogP contribution >= 0.6 is 11.6 Å². The van der Waals surface area contributed by atoms with Crippen LogP contribution < -0.4 is 9.64 Å². The maximum absolute atomic E-state index is 11.3. The molecule has 1 amide bonds. The predicted molar refractivity (Wildman–Crippen MR) is 87.4 cm³/mol. The molecule has 1 atom stereocenters. The second kappa shape index (κ2) is 7.29. The summed E-state index contributed by atoms with van der Waals surface area (Å²) in [5.41, 5.74) is 1.54. The molecule has 1 unspecified atom stereocenters. The van der Waals surface area contributed by atoms with E-state index in [2.05, 4.69) is 0 Å². The maximum Gasteiger partial charge on any atom is 0.223 e. The molecule has 0 heterocycles. The first-order valence-corrected chi connectivity index (χ1v) is 7.26.